The normalized spacial score (nSPS) is 13.5. The zero-order valence-corrected chi connectivity index (χ0v) is 23.0. The second-order valence-electron chi connectivity index (χ2n) is 10.1. The Balaban J connectivity index is 1.25. The van der Waals surface area contributed by atoms with E-state index in [2.05, 4.69) is 89.8 Å². The summed E-state index contributed by atoms with van der Waals surface area (Å²) in [5, 5.41) is 1.94. The van der Waals surface area contributed by atoms with Gasteiger partial charge in [-0.3, -0.25) is 0 Å². The number of ketones is 2. The van der Waals surface area contributed by atoms with Gasteiger partial charge in [0, 0.05) is 0 Å². The molecule has 0 atom stereocenters. The van der Waals surface area contributed by atoms with E-state index in [4.69, 9.17) is 0 Å². The molecule has 2 heterocycles. The van der Waals surface area contributed by atoms with Gasteiger partial charge < -0.3 is 0 Å². The summed E-state index contributed by atoms with van der Waals surface area (Å²) in [5.41, 5.74) is 8.30. The van der Waals surface area contributed by atoms with Crippen LogP contribution in [0.15, 0.2) is 127 Å². The van der Waals surface area contributed by atoms with Crippen molar-refractivity contribution in [2.75, 3.05) is 4.90 Å². The van der Waals surface area contributed by atoms with Gasteiger partial charge >= 0.3 is 238 Å². The van der Waals surface area contributed by atoms with Gasteiger partial charge in [0.2, 0.25) is 0 Å². The molecule has 0 amide bonds. The molecule has 4 heteroatoms. The van der Waals surface area contributed by atoms with Crippen molar-refractivity contribution < 1.29 is 9.59 Å². The number of carbonyl (C=O) groups is 2. The van der Waals surface area contributed by atoms with Crippen molar-refractivity contribution in [2.45, 2.75) is 0 Å². The van der Waals surface area contributed by atoms with E-state index in [0.717, 1.165) is 31.1 Å². The van der Waals surface area contributed by atoms with Gasteiger partial charge in [-0.2, -0.15) is 0 Å². The number of carbonyl (C=O) groups excluding carboxylic acids is 2. The predicted octanol–water partition coefficient (Wildman–Crippen LogP) is 8.48. The molecule has 2 aliphatic rings. The van der Waals surface area contributed by atoms with Gasteiger partial charge in [-0.15, -0.1) is 0 Å². The zero-order chi connectivity index (χ0) is 26.8. The van der Waals surface area contributed by atoms with Crippen LogP contribution >= 0.6 is 0 Å². The summed E-state index contributed by atoms with van der Waals surface area (Å²) >= 11 is -0.107. The molecule has 1 aliphatic heterocycles. The van der Waals surface area contributed by atoms with E-state index < -0.39 is 0 Å². The number of anilines is 3. The molecule has 8 rings (SSSR count). The Kier molecular flexibility index (Phi) is 5.15. The summed E-state index contributed by atoms with van der Waals surface area (Å²) in [5.74, 6) is -0.367. The fourth-order valence-corrected chi connectivity index (χ4v) is 7.99. The minimum atomic E-state index is -0.184. The summed E-state index contributed by atoms with van der Waals surface area (Å²) in [4.78, 5) is 29.1. The summed E-state index contributed by atoms with van der Waals surface area (Å²) in [6.07, 6.45) is 1.82. The molecular formula is C36H21NO2Se. The topological polar surface area (TPSA) is 37.4 Å². The molecule has 1 aliphatic carbocycles. The second-order valence-corrected chi connectivity index (χ2v) is 12.3. The number of para-hydroxylation sites is 2. The number of fused-ring (bicyclic) bond motifs is 7. The molecule has 0 saturated heterocycles. The summed E-state index contributed by atoms with van der Waals surface area (Å²) < 4.78 is 2.17. The van der Waals surface area contributed by atoms with Gasteiger partial charge in [-0.1, -0.05) is 0 Å². The van der Waals surface area contributed by atoms with Crippen molar-refractivity contribution in [3.8, 4) is 22.3 Å². The van der Waals surface area contributed by atoms with Crippen molar-refractivity contribution in [1.29, 1.82) is 0 Å². The summed E-state index contributed by atoms with van der Waals surface area (Å²) in [6.45, 7) is 0. The molecule has 0 unspecified atom stereocenters. The summed E-state index contributed by atoms with van der Waals surface area (Å²) in [7, 11) is 0. The molecule has 5 aromatic carbocycles. The van der Waals surface area contributed by atoms with Gasteiger partial charge in [0.15, 0.2) is 0 Å². The van der Waals surface area contributed by atoms with Crippen LogP contribution < -0.4 is 4.90 Å². The van der Waals surface area contributed by atoms with E-state index >= 15 is 0 Å². The third-order valence-electron chi connectivity index (χ3n) is 7.78. The van der Waals surface area contributed by atoms with E-state index in [1.165, 1.54) is 22.3 Å². The molecule has 0 fully saturated rings. The zero-order valence-electron chi connectivity index (χ0n) is 21.3. The van der Waals surface area contributed by atoms with Crippen molar-refractivity contribution in [3.05, 3.63) is 142 Å². The van der Waals surface area contributed by atoms with Crippen LogP contribution in [-0.4, -0.2) is 26.1 Å². The molecule has 0 saturated carbocycles. The molecule has 3 nitrogen and oxygen atoms in total. The number of hydrogen-bond donors (Lipinski definition) is 0. The Morgan fingerprint density at radius 3 is 1.52 bits per heavy atom. The third-order valence-corrected chi connectivity index (χ3v) is 9.92. The first-order valence-corrected chi connectivity index (χ1v) is 14.9. The van der Waals surface area contributed by atoms with Crippen molar-refractivity contribution in [2.24, 2.45) is 0 Å². The number of allylic oxidation sites excluding steroid dienone is 1. The Hall–Kier alpha value is -4.76. The average molecular weight is 579 g/mol. The molecule has 0 radical (unpaired) electrons. The third kappa shape index (κ3) is 3.44. The molecule has 188 valence electrons. The predicted molar refractivity (Wildman–Crippen MR) is 163 cm³/mol. The molecule has 0 spiro atoms. The van der Waals surface area contributed by atoms with Crippen LogP contribution in [0.1, 0.15) is 25.2 Å². The summed E-state index contributed by atoms with van der Waals surface area (Å²) in [6, 6.07) is 41.4. The van der Waals surface area contributed by atoms with E-state index in [1.807, 2.05) is 42.5 Å². The van der Waals surface area contributed by atoms with E-state index in [1.54, 1.807) is 0 Å². The van der Waals surface area contributed by atoms with Crippen LogP contribution in [0.3, 0.4) is 0 Å². The number of hydrogen-bond acceptors (Lipinski definition) is 3. The number of nitrogens with zero attached hydrogens (tertiary/aromatic N) is 1. The Labute approximate surface area is 237 Å². The van der Waals surface area contributed by atoms with Crippen molar-refractivity contribution >= 4 is 58.9 Å². The van der Waals surface area contributed by atoms with Crippen LogP contribution in [0.5, 0.6) is 0 Å². The quantitative estimate of drug-likeness (QED) is 0.117. The molecule has 0 N–H and O–H groups in total. The molecule has 40 heavy (non-hydrogen) atoms. The average Bonchev–Trinajstić information content (AvgIpc) is 3.51. The van der Waals surface area contributed by atoms with Gasteiger partial charge in [-0.25, -0.2) is 0 Å². The van der Waals surface area contributed by atoms with Crippen molar-refractivity contribution in [3.63, 3.8) is 0 Å². The van der Waals surface area contributed by atoms with Crippen LogP contribution in [0.25, 0.3) is 39.1 Å². The molecule has 0 bridgehead atoms. The fraction of sp³-hybridized carbons (Fsp3) is 0. The maximum absolute atomic E-state index is 13.4. The van der Waals surface area contributed by atoms with Gasteiger partial charge in [0.05, 0.1) is 0 Å². The standard InChI is InChI=1S/C36H21NO2Se/c38-35-29-19-22-9-1-2-10-23(22)20-30(29)36(39)31(35)21-24-17-18-34(40-24)37-32-15-7-5-13-27(32)25-11-3-4-12-26(25)28-14-6-8-16-33(28)37/h1-21H. The van der Waals surface area contributed by atoms with Gasteiger partial charge in [0.1, 0.15) is 0 Å². The van der Waals surface area contributed by atoms with Crippen molar-refractivity contribution in [1.82, 2.24) is 0 Å². The maximum atomic E-state index is 13.4. The Bertz CT molecular complexity index is 1940. The van der Waals surface area contributed by atoms with Crippen LogP contribution in [-0.2, 0) is 0 Å². The fourth-order valence-electron chi connectivity index (χ4n) is 5.94. The first-order valence-electron chi connectivity index (χ1n) is 13.2. The van der Waals surface area contributed by atoms with E-state index in [-0.39, 0.29) is 31.6 Å². The monoisotopic (exact) mass is 579 g/mol. The SMILES string of the molecule is O=C1C(=Cc2ccc(N3c4ccccc4-c4ccccc4-c4ccccc43)[se]2)C(=O)c2cc3ccccc3cc21. The molecule has 1 aromatic heterocycles. The van der Waals surface area contributed by atoms with Gasteiger partial charge in [0.25, 0.3) is 0 Å². The first kappa shape index (κ1) is 23.2. The minimum absolute atomic E-state index is 0.107. The number of benzene rings is 5. The van der Waals surface area contributed by atoms with Gasteiger partial charge in [-0.05, 0) is 0 Å². The number of Topliss-reactive ketones (excluding diaryl/α,β-unsaturated/α-hetero) is 2. The Morgan fingerprint density at radius 2 is 0.975 bits per heavy atom. The van der Waals surface area contributed by atoms with Crippen LogP contribution in [0, 0.1) is 0 Å². The Morgan fingerprint density at radius 1 is 0.500 bits per heavy atom. The first-order chi connectivity index (χ1) is 19.7. The van der Waals surface area contributed by atoms with Crippen LogP contribution in [0.2, 0.25) is 0 Å². The number of rotatable bonds is 2. The molecular weight excluding hydrogens is 557 g/mol. The van der Waals surface area contributed by atoms with E-state index in [9.17, 15) is 9.59 Å². The van der Waals surface area contributed by atoms with Crippen LogP contribution in [0.4, 0.5) is 15.9 Å². The van der Waals surface area contributed by atoms with E-state index in [0.29, 0.717) is 11.1 Å². The molecule has 6 aromatic rings. The second kappa shape index (κ2) is 8.89.